The van der Waals surface area contributed by atoms with Crippen LogP contribution in [0.3, 0.4) is 0 Å². The van der Waals surface area contributed by atoms with E-state index in [2.05, 4.69) is 10.6 Å². The predicted molar refractivity (Wildman–Crippen MR) is 158 cm³/mol. The fourth-order valence-electron chi connectivity index (χ4n) is 4.51. The standard InChI is InChI=1S/C31H44N4O6/c1-18-12-10-13-19(2)24(18)34-27(38)25(21-15-11-14-20(3)26(21)37)35(30(4,5)6)28(39)22(16-17-23(32)36)33-29(40)41-31(7,8)9/h10-15,22,25,37H,16-17H2,1-9H3,(H2,32,36)(H,33,40)(H,34,38). The SMILES string of the molecule is Cc1cccc(C(C(=O)Nc2c(C)cccc2C)N(C(=O)C(CCC(N)=O)NC(=O)OC(C)(C)C)C(C)(C)C)c1O. The third-order valence-corrected chi connectivity index (χ3v) is 6.43. The van der Waals surface area contributed by atoms with E-state index in [1.165, 1.54) is 4.90 Å². The minimum Gasteiger partial charge on any atom is -0.507 e. The number of carbonyl (C=O) groups is 4. The highest BCUT2D eigenvalue weighted by molar-refractivity contribution is 6.00. The van der Waals surface area contributed by atoms with Gasteiger partial charge in [-0.15, -0.1) is 0 Å². The molecular formula is C31H44N4O6. The number of carbonyl (C=O) groups excluding carboxylic acids is 4. The second-order valence-electron chi connectivity index (χ2n) is 12.3. The van der Waals surface area contributed by atoms with Crippen molar-refractivity contribution in [3.63, 3.8) is 0 Å². The monoisotopic (exact) mass is 568 g/mol. The maximum Gasteiger partial charge on any atom is 0.408 e. The van der Waals surface area contributed by atoms with E-state index in [4.69, 9.17) is 10.5 Å². The van der Waals surface area contributed by atoms with Crippen molar-refractivity contribution >= 4 is 29.5 Å². The number of aryl methyl sites for hydroxylation is 3. The summed E-state index contributed by atoms with van der Waals surface area (Å²) in [5, 5.41) is 16.6. The van der Waals surface area contributed by atoms with Gasteiger partial charge >= 0.3 is 6.09 Å². The third kappa shape index (κ3) is 8.96. The molecule has 2 atom stereocenters. The van der Waals surface area contributed by atoms with Crippen LogP contribution in [0.15, 0.2) is 36.4 Å². The molecule has 0 heterocycles. The average molecular weight is 569 g/mol. The van der Waals surface area contributed by atoms with Gasteiger partial charge in [-0.3, -0.25) is 14.4 Å². The van der Waals surface area contributed by atoms with Crippen LogP contribution < -0.4 is 16.4 Å². The van der Waals surface area contributed by atoms with E-state index in [0.29, 0.717) is 11.3 Å². The molecule has 0 saturated carbocycles. The number of nitrogens with zero attached hydrogens (tertiary/aromatic N) is 1. The molecule has 41 heavy (non-hydrogen) atoms. The fraction of sp³-hybridized carbons (Fsp3) is 0.484. The van der Waals surface area contributed by atoms with Crippen molar-refractivity contribution in [1.29, 1.82) is 0 Å². The van der Waals surface area contributed by atoms with Crippen LogP contribution >= 0.6 is 0 Å². The molecule has 2 rings (SSSR count). The second-order valence-corrected chi connectivity index (χ2v) is 12.3. The van der Waals surface area contributed by atoms with Crippen LogP contribution in [0, 0.1) is 20.8 Å². The summed E-state index contributed by atoms with van der Waals surface area (Å²) in [5.74, 6) is -1.99. The zero-order chi connectivity index (χ0) is 31.3. The van der Waals surface area contributed by atoms with Gasteiger partial charge in [-0.05, 0) is 85.4 Å². The van der Waals surface area contributed by atoms with Gasteiger partial charge in [0.2, 0.25) is 11.8 Å². The molecule has 0 aliphatic rings. The molecule has 0 bridgehead atoms. The maximum absolute atomic E-state index is 14.3. The quantitative estimate of drug-likeness (QED) is 0.342. The van der Waals surface area contributed by atoms with Crippen molar-refractivity contribution in [3.8, 4) is 5.75 Å². The van der Waals surface area contributed by atoms with Gasteiger partial charge in [0.05, 0.1) is 0 Å². The molecule has 2 aromatic rings. The highest BCUT2D eigenvalue weighted by atomic mass is 16.6. The Morgan fingerprint density at radius 1 is 0.927 bits per heavy atom. The van der Waals surface area contributed by atoms with Gasteiger partial charge in [0, 0.05) is 23.2 Å². The Kier molecular flexibility index (Phi) is 10.5. The number of alkyl carbamates (subject to hydrolysis) is 1. The van der Waals surface area contributed by atoms with E-state index in [-0.39, 0.29) is 24.2 Å². The third-order valence-electron chi connectivity index (χ3n) is 6.43. The van der Waals surface area contributed by atoms with Gasteiger partial charge in [0.1, 0.15) is 23.4 Å². The minimum absolute atomic E-state index is 0.120. The van der Waals surface area contributed by atoms with Crippen molar-refractivity contribution < 1.29 is 29.0 Å². The van der Waals surface area contributed by atoms with Crippen LogP contribution in [-0.4, -0.2) is 51.0 Å². The van der Waals surface area contributed by atoms with E-state index < -0.39 is 47.0 Å². The Morgan fingerprint density at radius 2 is 1.46 bits per heavy atom. The molecule has 10 nitrogen and oxygen atoms in total. The fourth-order valence-corrected chi connectivity index (χ4v) is 4.51. The second kappa shape index (κ2) is 13.1. The van der Waals surface area contributed by atoms with Gasteiger partial charge in [0.15, 0.2) is 0 Å². The molecule has 0 spiro atoms. The molecule has 5 N–H and O–H groups in total. The molecule has 0 aliphatic carbocycles. The lowest BCUT2D eigenvalue weighted by Gasteiger charge is -2.43. The first-order valence-electron chi connectivity index (χ1n) is 13.6. The summed E-state index contributed by atoms with van der Waals surface area (Å²) in [4.78, 5) is 54.3. The number of para-hydroxylation sites is 2. The molecule has 224 valence electrons. The van der Waals surface area contributed by atoms with Crippen LogP contribution in [0.1, 0.15) is 82.7 Å². The van der Waals surface area contributed by atoms with Crippen LogP contribution in [0.2, 0.25) is 0 Å². The number of hydrogen-bond donors (Lipinski definition) is 4. The average Bonchev–Trinajstić information content (AvgIpc) is 2.82. The van der Waals surface area contributed by atoms with Crippen LogP contribution in [0.4, 0.5) is 10.5 Å². The normalized spacial score (nSPS) is 13.1. The first-order valence-corrected chi connectivity index (χ1v) is 13.6. The number of rotatable bonds is 9. The van der Waals surface area contributed by atoms with Crippen molar-refractivity contribution in [2.75, 3.05) is 5.32 Å². The smallest absolute Gasteiger partial charge is 0.408 e. The number of primary amides is 1. The van der Waals surface area contributed by atoms with Crippen molar-refractivity contribution in [2.45, 2.75) is 98.4 Å². The molecule has 0 fully saturated rings. The lowest BCUT2D eigenvalue weighted by atomic mass is 9.93. The number of nitrogens with two attached hydrogens (primary N) is 1. The molecular weight excluding hydrogens is 524 g/mol. The highest BCUT2D eigenvalue weighted by Gasteiger charge is 2.43. The molecule has 0 radical (unpaired) electrons. The first kappa shape index (κ1) is 33.1. The maximum atomic E-state index is 14.3. The van der Waals surface area contributed by atoms with Crippen LogP contribution in [0.25, 0.3) is 0 Å². The Bertz CT molecular complexity index is 1270. The van der Waals surface area contributed by atoms with Gasteiger partial charge in [-0.1, -0.05) is 36.4 Å². The Labute approximate surface area is 242 Å². The number of aromatic hydroxyl groups is 1. The summed E-state index contributed by atoms with van der Waals surface area (Å²) in [6.45, 7) is 15.7. The molecule has 0 aliphatic heterocycles. The molecule has 4 amide bonds. The number of ether oxygens (including phenoxy) is 1. The predicted octanol–water partition coefficient (Wildman–Crippen LogP) is 4.78. The van der Waals surface area contributed by atoms with E-state index >= 15 is 0 Å². The lowest BCUT2D eigenvalue weighted by molar-refractivity contribution is -0.147. The van der Waals surface area contributed by atoms with E-state index in [9.17, 15) is 24.3 Å². The van der Waals surface area contributed by atoms with E-state index in [1.807, 2.05) is 32.0 Å². The summed E-state index contributed by atoms with van der Waals surface area (Å²) in [6.07, 6.45) is -1.17. The number of phenols is 1. The minimum atomic E-state index is -1.31. The molecule has 10 heteroatoms. The summed E-state index contributed by atoms with van der Waals surface area (Å²) in [6, 6.07) is 8.01. The first-order chi connectivity index (χ1) is 18.8. The van der Waals surface area contributed by atoms with E-state index in [0.717, 1.165) is 11.1 Å². The van der Waals surface area contributed by atoms with Gasteiger partial charge in [0.25, 0.3) is 5.91 Å². The summed E-state index contributed by atoms with van der Waals surface area (Å²) >= 11 is 0. The molecule has 0 saturated heterocycles. The zero-order valence-corrected chi connectivity index (χ0v) is 25.5. The summed E-state index contributed by atoms with van der Waals surface area (Å²) in [5.41, 5.74) is 6.52. The number of amides is 4. The largest absolute Gasteiger partial charge is 0.507 e. The zero-order valence-electron chi connectivity index (χ0n) is 25.5. The number of hydrogen-bond acceptors (Lipinski definition) is 6. The van der Waals surface area contributed by atoms with Crippen molar-refractivity contribution in [3.05, 3.63) is 58.7 Å². The Morgan fingerprint density at radius 3 is 1.98 bits per heavy atom. The highest BCUT2D eigenvalue weighted by Crippen LogP contribution is 2.37. The summed E-state index contributed by atoms with van der Waals surface area (Å²) in [7, 11) is 0. The van der Waals surface area contributed by atoms with Crippen LogP contribution in [-0.2, 0) is 19.1 Å². The van der Waals surface area contributed by atoms with Gasteiger partial charge < -0.3 is 31.1 Å². The van der Waals surface area contributed by atoms with Gasteiger partial charge in [-0.2, -0.15) is 0 Å². The number of phenolic OH excluding ortho intramolecular Hbond substituents is 1. The Hall–Kier alpha value is -4.08. The number of nitrogens with one attached hydrogen (secondary N) is 2. The lowest BCUT2D eigenvalue weighted by Crippen LogP contribution is -2.58. The van der Waals surface area contributed by atoms with E-state index in [1.54, 1.807) is 66.7 Å². The van der Waals surface area contributed by atoms with Gasteiger partial charge in [-0.25, -0.2) is 4.79 Å². The molecule has 2 unspecified atom stereocenters. The molecule has 2 aromatic carbocycles. The molecule has 0 aromatic heterocycles. The van der Waals surface area contributed by atoms with Crippen molar-refractivity contribution in [1.82, 2.24) is 10.2 Å². The number of benzene rings is 2. The topological polar surface area (TPSA) is 151 Å². The van der Waals surface area contributed by atoms with Crippen molar-refractivity contribution in [2.24, 2.45) is 5.73 Å². The Balaban J connectivity index is 2.70. The summed E-state index contributed by atoms with van der Waals surface area (Å²) < 4.78 is 5.37. The van der Waals surface area contributed by atoms with Crippen LogP contribution in [0.5, 0.6) is 5.75 Å². The number of anilines is 1.